The summed E-state index contributed by atoms with van der Waals surface area (Å²) in [5, 5.41) is 2.85. The molecule has 0 aliphatic heterocycles. The van der Waals surface area contributed by atoms with Crippen molar-refractivity contribution in [1.82, 2.24) is 5.32 Å². The van der Waals surface area contributed by atoms with Gasteiger partial charge >= 0.3 is 0 Å². The lowest BCUT2D eigenvalue weighted by atomic mass is 10.1. The summed E-state index contributed by atoms with van der Waals surface area (Å²) in [5.74, 6) is 3.84. The summed E-state index contributed by atoms with van der Waals surface area (Å²) in [6, 6.07) is -0.0218. The molecule has 1 amide bonds. The van der Waals surface area contributed by atoms with Crippen molar-refractivity contribution >= 4 is 5.91 Å². The summed E-state index contributed by atoms with van der Waals surface area (Å²) in [4.78, 5) is 11.9. The van der Waals surface area contributed by atoms with Crippen LogP contribution in [-0.4, -0.2) is 11.9 Å². The minimum atomic E-state index is -0.116. The summed E-state index contributed by atoms with van der Waals surface area (Å²) >= 11 is 0. The van der Waals surface area contributed by atoms with E-state index in [0.717, 1.165) is 11.3 Å². The van der Waals surface area contributed by atoms with E-state index >= 15 is 0 Å². The van der Waals surface area contributed by atoms with Crippen LogP contribution < -0.4 is 5.32 Å². The van der Waals surface area contributed by atoms with E-state index in [4.69, 9.17) is 10.8 Å². The highest BCUT2D eigenvalue weighted by Gasteiger charge is 2.19. The molecule has 0 fully saturated rings. The molecule has 3 heteroatoms. The number of terminal acetylenes is 1. The number of hydrogen-bond acceptors (Lipinski definition) is 2. The molecule has 0 saturated heterocycles. The number of carbonyl (C=O) groups is 1. The highest BCUT2D eigenvalue weighted by molar-refractivity contribution is 5.97. The van der Waals surface area contributed by atoms with Crippen molar-refractivity contribution in [2.45, 2.75) is 40.2 Å². The standard InChI is InChI=1S/C13H17NO2/c1-6-7-8(2)14-13(15)12-9(3)10(4)16-11(12)5/h1,8H,7H2,2-5H3,(H,14,15). The van der Waals surface area contributed by atoms with E-state index in [1.54, 1.807) is 6.92 Å². The third kappa shape index (κ3) is 2.46. The van der Waals surface area contributed by atoms with E-state index < -0.39 is 0 Å². The summed E-state index contributed by atoms with van der Waals surface area (Å²) in [6.07, 6.45) is 5.72. The Bertz CT molecular complexity index is 438. The van der Waals surface area contributed by atoms with Gasteiger partial charge in [0.05, 0.1) is 5.56 Å². The highest BCUT2D eigenvalue weighted by atomic mass is 16.3. The van der Waals surface area contributed by atoms with Gasteiger partial charge in [-0.1, -0.05) is 0 Å². The molecule has 1 rings (SSSR count). The Kier molecular flexibility index (Phi) is 3.78. The number of hydrogen-bond donors (Lipinski definition) is 1. The molecular weight excluding hydrogens is 202 g/mol. The molecule has 3 nitrogen and oxygen atoms in total. The molecule has 0 aromatic carbocycles. The van der Waals surface area contributed by atoms with Gasteiger partial charge in [0, 0.05) is 18.0 Å². The van der Waals surface area contributed by atoms with E-state index in [1.165, 1.54) is 0 Å². The molecule has 1 unspecified atom stereocenters. The number of aryl methyl sites for hydroxylation is 2. The van der Waals surface area contributed by atoms with Crippen molar-refractivity contribution in [2.75, 3.05) is 0 Å². The molecule has 0 spiro atoms. The van der Waals surface area contributed by atoms with E-state index in [0.29, 0.717) is 17.7 Å². The zero-order valence-corrected chi connectivity index (χ0v) is 10.2. The van der Waals surface area contributed by atoms with Gasteiger partial charge in [-0.3, -0.25) is 4.79 Å². The van der Waals surface area contributed by atoms with Crippen molar-refractivity contribution in [2.24, 2.45) is 0 Å². The van der Waals surface area contributed by atoms with E-state index in [9.17, 15) is 4.79 Å². The minimum absolute atomic E-state index is 0.0218. The van der Waals surface area contributed by atoms with Crippen LogP contribution in [-0.2, 0) is 0 Å². The first-order chi connectivity index (χ1) is 7.47. The van der Waals surface area contributed by atoms with Crippen molar-refractivity contribution in [3.63, 3.8) is 0 Å². The molecule has 1 aromatic rings. The Balaban J connectivity index is 2.85. The SMILES string of the molecule is C#CCC(C)NC(=O)c1c(C)oc(C)c1C. The summed E-state index contributed by atoms with van der Waals surface area (Å²) in [6.45, 7) is 7.41. The molecule has 16 heavy (non-hydrogen) atoms. The van der Waals surface area contributed by atoms with Gasteiger partial charge in [0.15, 0.2) is 0 Å². The fourth-order valence-corrected chi connectivity index (χ4v) is 1.65. The van der Waals surface area contributed by atoms with Gasteiger partial charge in [0.2, 0.25) is 0 Å². The van der Waals surface area contributed by atoms with Crippen LogP contribution in [0.4, 0.5) is 0 Å². The number of nitrogens with one attached hydrogen (secondary N) is 1. The fraction of sp³-hybridized carbons (Fsp3) is 0.462. The van der Waals surface area contributed by atoms with Crippen LogP contribution in [0.5, 0.6) is 0 Å². The lowest BCUT2D eigenvalue weighted by Gasteiger charge is -2.10. The van der Waals surface area contributed by atoms with Gasteiger partial charge in [-0.2, -0.15) is 0 Å². The zero-order valence-electron chi connectivity index (χ0n) is 10.2. The predicted molar refractivity (Wildman–Crippen MR) is 63.3 cm³/mol. The number of carbonyl (C=O) groups excluding carboxylic acids is 1. The maximum atomic E-state index is 11.9. The second kappa shape index (κ2) is 4.89. The highest BCUT2D eigenvalue weighted by Crippen LogP contribution is 2.20. The Morgan fingerprint density at radius 3 is 2.50 bits per heavy atom. The molecule has 1 heterocycles. The molecule has 0 saturated carbocycles. The summed E-state index contributed by atoms with van der Waals surface area (Å²) in [7, 11) is 0. The molecule has 0 aliphatic rings. The van der Waals surface area contributed by atoms with Gasteiger partial charge in [-0.25, -0.2) is 0 Å². The summed E-state index contributed by atoms with van der Waals surface area (Å²) in [5.41, 5.74) is 1.52. The average Bonchev–Trinajstić information content (AvgIpc) is 2.41. The Morgan fingerprint density at radius 2 is 2.06 bits per heavy atom. The Labute approximate surface area is 96.2 Å². The smallest absolute Gasteiger partial charge is 0.255 e. The van der Waals surface area contributed by atoms with Crippen LogP contribution in [0.2, 0.25) is 0 Å². The third-order valence-electron chi connectivity index (χ3n) is 2.59. The van der Waals surface area contributed by atoms with E-state index in [2.05, 4.69) is 11.2 Å². The van der Waals surface area contributed by atoms with Crippen molar-refractivity contribution in [3.05, 3.63) is 22.6 Å². The molecular formula is C13H17NO2. The summed E-state index contributed by atoms with van der Waals surface area (Å²) < 4.78 is 5.41. The second-order valence-electron chi connectivity index (χ2n) is 4.00. The minimum Gasteiger partial charge on any atom is -0.466 e. The first kappa shape index (κ1) is 12.4. The maximum Gasteiger partial charge on any atom is 0.255 e. The fourth-order valence-electron chi connectivity index (χ4n) is 1.65. The van der Waals surface area contributed by atoms with Gasteiger partial charge in [0.25, 0.3) is 5.91 Å². The molecule has 0 bridgehead atoms. The van der Waals surface area contributed by atoms with Crippen molar-refractivity contribution < 1.29 is 9.21 Å². The lowest BCUT2D eigenvalue weighted by molar-refractivity contribution is 0.0939. The van der Waals surface area contributed by atoms with Crippen molar-refractivity contribution in [3.8, 4) is 12.3 Å². The van der Waals surface area contributed by atoms with Crippen LogP contribution in [0, 0.1) is 33.1 Å². The monoisotopic (exact) mass is 219 g/mol. The third-order valence-corrected chi connectivity index (χ3v) is 2.59. The van der Waals surface area contributed by atoms with Crippen LogP contribution in [0.25, 0.3) is 0 Å². The molecule has 86 valence electrons. The number of rotatable bonds is 3. The van der Waals surface area contributed by atoms with Crippen molar-refractivity contribution in [1.29, 1.82) is 0 Å². The van der Waals surface area contributed by atoms with Crippen LogP contribution in [0.15, 0.2) is 4.42 Å². The van der Waals surface area contributed by atoms with Gasteiger partial charge in [-0.15, -0.1) is 12.3 Å². The average molecular weight is 219 g/mol. The molecule has 1 atom stereocenters. The van der Waals surface area contributed by atoms with Gasteiger partial charge in [0.1, 0.15) is 11.5 Å². The predicted octanol–water partition coefficient (Wildman–Crippen LogP) is 2.35. The normalized spacial score (nSPS) is 11.9. The Morgan fingerprint density at radius 1 is 1.44 bits per heavy atom. The molecule has 0 aliphatic carbocycles. The number of amides is 1. The maximum absolute atomic E-state index is 11.9. The quantitative estimate of drug-likeness (QED) is 0.793. The largest absolute Gasteiger partial charge is 0.466 e. The first-order valence-corrected chi connectivity index (χ1v) is 5.28. The molecule has 1 aromatic heterocycles. The van der Waals surface area contributed by atoms with E-state index in [-0.39, 0.29) is 11.9 Å². The molecule has 0 radical (unpaired) electrons. The van der Waals surface area contributed by atoms with Crippen LogP contribution in [0.3, 0.4) is 0 Å². The van der Waals surface area contributed by atoms with Crippen LogP contribution in [0.1, 0.15) is 40.8 Å². The Hall–Kier alpha value is -1.69. The molecule has 1 N–H and O–H groups in total. The van der Waals surface area contributed by atoms with E-state index in [1.807, 2.05) is 20.8 Å². The zero-order chi connectivity index (χ0) is 12.3. The second-order valence-corrected chi connectivity index (χ2v) is 4.00. The number of furan rings is 1. The lowest BCUT2D eigenvalue weighted by Crippen LogP contribution is -2.32. The topological polar surface area (TPSA) is 42.2 Å². The van der Waals surface area contributed by atoms with Crippen LogP contribution >= 0.6 is 0 Å². The van der Waals surface area contributed by atoms with Gasteiger partial charge in [-0.05, 0) is 27.7 Å². The van der Waals surface area contributed by atoms with Gasteiger partial charge < -0.3 is 9.73 Å². The first-order valence-electron chi connectivity index (χ1n) is 5.28.